The molecule has 0 unspecified atom stereocenters. The van der Waals surface area contributed by atoms with Crippen LogP contribution in [0.4, 0.5) is 0 Å². The van der Waals surface area contributed by atoms with Crippen LogP contribution in [0.3, 0.4) is 0 Å². The maximum atomic E-state index is 12.3. The maximum absolute atomic E-state index is 12.3. The summed E-state index contributed by atoms with van der Waals surface area (Å²) in [5, 5.41) is 14.6. The maximum Gasteiger partial charge on any atom is 0.273 e. The Morgan fingerprint density at radius 1 is 1.30 bits per heavy atom. The van der Waals surface area contributed by atoms with Crippen molar-refractivity contribution in [3.05, 3.63) is 11.4 Å². The molecule has 1 saturated heterocycles. The van der Waals surface area contributed by atoms with E-state index in [1.165, 1.54) is 6.42 Å². The van der Waals surface area contributed by atoms with Crippen molar-refractivity contribution in [3.8, 4) is 0 Å². The van der Waals surface area contributed by atoms with Gasteiger partial charge in [-0.3, -0.25) is 4.79 Å². The summed E-state index contributed by atoms with van der Waals surface area (Å²) in [6.45, 7) is 11.4. The van der Waals surface area contributed by atoms with Gasteiger partial charge in [0, 0.05) is 6.54 Å². The molecule has 1 fully saturated rings. The Morgan fingerprint density at radius 3 is 2.65 bits per heavy atom. The highest BCUT2D eigenvalue weighted by Gasteiger charge is 2.22. The summed E-state index contributed by atoms with van der Waals surface area (Å²) in [6.07, 6.45) is 5.39. The van der Waals surface area contributed by atoms with Crippen molar-refractivity contribution < 1.29 is 4.79 Å². The highest BCUT2D eigenvalue weighted by Crippen LogP contribution is 2.21. The molecule has 6 heteroatoms. The van der Waals surface area contributed by atoms with Gasteiger partial charge in [-0.15, -0.1) is 5.10 Å². The van der Waals surface area contributed by atoms with E-state index < -0.39 is 0 Å². The number of amides is 1. The molecule has 1 aliphatic rings. The third-order valence-corrected chi connectivity index (χ3v) is 4.44. The van der Waals surface area contributed by atoms with Gasteiger partial charge in [0.15, 0.2) is 5.69 Å². The predicted octanol–water partition coefficient (Wildman–Crippen LogP) is 2.46. The molecule has 2 heterocycles. The number of hydrogen-bond donors (Lipinski definition) is 2. The molecule has 1 aromatic heterocycles. The Morgan fingerprint density at radius 2 is 2.00 bits per heavy atom. The van der Waals surface area contributed by atoms with E-state index in [1.54, 1.807) is 0 Å². The van der Waals surface area contributed by atoms with Gasteiger partial charge in [0.05, 0.1) is 11.7 Å². The second-order valence-electron chi connectivity index (χ2n) is 7.72. The van der Waals surface area contributed by atoms with Crippen LogP contribution in [-0.2, 0) is 0 Å². The van der Waals surface area contributed by atoms with E-state index in [0.29, 0.717) is 23.7 Å². The topological polar surface area (TPSA) is 71.8 Å². The lowest BCUT2D eigenvalue weighted by Gasteiger charge is -2.23. The van der Waals surface area contributed by atoms with Crippen LogP contribution >= 0.6 is 0 Å². The van der Waals surface area contributed by atoms with Gasteiger partial charge in [0.2, 0.25) is 0 Å². The Hall–Kier alpha value is -1.43. The van der Waals surface area contributed by atoms with Crippen LogP contribution < -0.4 is 10.6 Å². The third kappa shape index (κ3) is 5.30. The van der Waals surface area contributed by atoms with E-state index in [9.17, 15) is 4.79 Å². The Kier molecular flexibility index (Phi) is 6.16. The lowest BCUT2D eigenvalue weighted by Crippen LogP contribution is -2.30. The van der Waals surface area contributed by atoms with Gasteiger partial charge in [-0.25, -0.2) is 4.68 Å². The van der Waals surface area contributed by atoms with E-state index in [4.69, 9.17) is 0 Å². The zero-order valence-corrected chi connectivity index (χ0v) is 15.0. The molecule has 6 nitrogen and oxygen atoms in total. The minimum Gasteiger partial charge on any atom is -0.351 e. The number of nitrogens with one attached hydrogen (secondary N) is 2. The van der Waals surface area contributed by atoms with Crippen LogP contribution in [0.5, 0.6) is 0 Å². The molecule has 2 N–H and O–H groups in total. The van der Waals surface area contributed by atoms with Gasteiger partial charge < -0.3 is 10.6 Å². The lowest BCUT2D eigenvalue weighted by atomic mass is 9.90. The first kappa shape index (κ1) is 17.9. The fraction of sp³-hybridized carbons (Fsp3) is 0.824. The summed E-state index contributed by atoms with van der Waals surface area (Å²) < 4.78 is 1.93. The summed E-state index contributed by atoms with van der Waals surface area (Å²) >= 11 is 0. The average Bonchev–Trinajstić information content (AvgIpc) is 2.88. The number of piperidine rings is 1. The normalized spacial score (nSPS) is 16.5. The van der Waals surface area contributed by atoms with Gasteiger partial charge in [-0.2, -0.15) is 0 Å². The number of nitrogens with zero attached hydrogens (tertiary/aromatic N) is 3. The second-order valence-corrected chi connectivity index (χ2v) is 7.72. The van der Waals surface area contributed by atoms with Crippen LogP contribution in [0.2, 0.25) is 0 Å². The van der Waals surface area contributed by atoms with Crippen molar-refractivity contribution in [1.29, 1.82) is 0 Å². The van der Waals surface area contributed by atoms with E-state index in [1.807, 2.05) is 11.6 Å². The zero-order chi connectivity index (χ0) is 16.9. The van der Waals surface area contributed by atoms with E-state index >= 15 is 0 Å². The number of carbonyl (C=O) groups excluding carboxylic acids is 1. The van der Waals surface area contributed by atoms with Crippen molar-refractivity contribution in [2.75, 3.05) is 19.6 Å². The summed E-state index contributed by atoms with van der Waals surface area (Å²) in [4.78, 5) is 12.3. The monoisotopic (exact) mass is 321 g/mol. The number of aromatic nitrogens is 3. The van der Waals surface area contributed by atoms with Crippen molar-refractivity contribution in [1.82, 2.24) is 25.6 Å². The number of hydrogen-bond acceptors (Lipinski definition) is 4. The van der Waals surface area contributed by atoms with Crippen LogP contribution in [0.1, 0.15) is 75.1 Å². The molecule has 0 bridgehead atoms. The standard InChI is InChI=1S/C17H31N5O/c1-13-15(16(23)19-10-6-5-9-17(2,3)4)20-21-22(13)14-7-11-18-12-8-14/h14,18H,5-12H2,1-4H3,(H,19,23). The van der Waals surface area contributed by atoms with Gasteiger partial charge in [-0.1, -0.05) is 32.4 Å². The molecular formula is C17H31N5O. The first-order chi connectivity index (χ1) is 10.9. The van der Waals surface area contributed by atoms with Crippen LogP contribution in [0, 0.1) is 12.3 Å². The summed E-state index contributed by atoms with van der Waals surface area (Å²) in [5.41, 5.74) is 1.71. The highest BCUT2D eigenvalue weighted by atomic mass is 16.2. The molecule has 0 atom stereocenters. The van der Waals surface area contributed by atoms with Crippen LogP contribution in [0.15, 0.2) is 0 Å². The quantitative estimate of drug-likeness (QED) is 0.790. The van der Waals surface area contributed by atoms with Gasteiger partial charge in [0.25, 0.3) is 5.91 Å². The van der Waals surface area contributed by atoms with Gasteiger partial charge >= 0.3 is 0 Å². The third-order valence-electron chi connectivity index (χ3n) is 4.44. The highest BCUT2D eigenvalue weighted by molar-refractivity contribution is 5.93. The van der Waals surface area contributed by atoms with Crippen molar-refractivity contribution >= 4 is 5.91 Å². The molecule has 0 spiro atoms. The Balaban J connectivity index is 1.82. The molecule has 1 amide bonds. The smallest absolute Gasteiger partial charge is 0.273 e. The largest absolute Gasteiger partial charge is 0.351 e. The molecule has 2 rings (SSSR count). The zero-order valence-electron chi connectivity index (χ0n) is 15.0. The molecular weight excluding hydrogens is 290 g/mol. The summed E-state index contributed by atoms with van der Waals surface area (Å²) in [6, 6.07) is 0.358. The molecule has 0 radical (unpaired) electrons. The number of unbranched alkanes of at least 4 members (excludes halogenated alkanes) is 1. The summed E-state index contributed by atoms with van der Waals surface area (Å²) in [7, 11) is 0. The molecule has 130 valence electrons. The second kappa shape index (κ2) is 7.90. The summed E-state index contributed by atoms with van der Waals surface area (Å²) in [5.74, 6) is -0.0987. The molecule has 1 aromatic rings. The van der Waals surface area contributed by atoms with E-state index in [2.05, 4.69) is 41.7 Å². The lowest BCUT2D eigenvalue weighted by molar-refractivity contribution is 0.0947. The minimum atomic E-state index is -0.0987. The Bertz CT molecular complexity index is 512. The fourth-order valence-electron chi connectivity index (χ4n) is 3.01. The van der Waals surface area contributed by atoms with Crippen molar-refractivity contribution in [3.63, 3.8) is 0 Å². The first-order valence-corrected chi connectivity index (χ1v) is 8.79. The first-order valence-electron chi connectivity index (χ1n) is 8.79. The van der Waals surface area contributed by atoms with Crippen molar-refractivity contribution in [2.45, 2.75) is 65.8 Å². The molecule has 23 heavy (non-hydrogen) atoms. The van der Waals surface area contributed by atoms with E-state index in [0.717, 1.165) is 44.5 Å². The Labute approximate surface area is 139 Å². The molecule has 0 aliphatic carbocycles. The van der Waals surface area contributed by atoms with E-state index in [-0.39, 0.29) is 5.91 Å². The SMILES string of the molecule is Cc1c(C(=O)NCCCCC(C)(C)C)nnn1C1CCNCC1. The van der Waals surface area contributed by atoms with Crippen LogP contribution in [0.25, 0.3) is 0 Å². The fourth-order valence-corrected chi connectivity index (χ4v) is 3.01. The number of carbonyl (C=O) groups is 1. The van der Waals surface area contributed by atoms with Gasteiger partial charge in [0.1, 0.15) is 0 Å². The van der Waals surface area contributed by atoms with Crippen molar-refractivity contribution in [2.24, 2.45) is 5.41 Å². The minimum absolute atomic E-state index is 0.0987. The molecule has 0 saturated carbocycles. The van der Waals surface area contributed by atoms with Crippen LogP contribution in [-0.4, -0.2) is 40.5 Å². The predicted molar refractivity (Wildman–Crippen MR) is 91.5 cm³/mol. The van der Waals surface area contributed by atoms with Gasteiger partial charge in [-0.05, 0) is 51.1 Å². The average molecular weight is 321 g/mol. The molecule has 0 aromatic carbocycles. The number of rotatable bonds is 6. The molecule has 1 aliphatic heterocycles.